The molecule has 8 heteroatoms. The van der Waals surface area contributed by atoms with Crippen molar-refractivity contribution >= 4 is 50.7 Å². The van der Waals surface area contributed by atoms with Crippen LogP contribution >= 0.6 is 23.1 Å². The average molecular weight is 414 g/mol. The molecule has 0 radical (unpaired) electrons. The number of fused-ring (bicyclic) bond motifs is 1. The summed E-state index contributed by atoms with van der Waals surface area (Å²) in [6, 6.07) is 9.87. The van der Waals surface area contributed by atoms with Crippen molar-refractivity contribution in [2.24, 2.45) is 0 Å². The lowest BCUT2D eigenvalue weighted by Crippen LogP contribution is -2.53. The molecule has 3 heterocycles. The van der Waals surface area contributed by atoms with Gasteiger partial charge in [-0.1, -0.05) is 0 Å². The highest BCUT2D eigenvalue weighted by atomic mass is 32.2. The van der Waals surface area contributed by atoms with Crippen molar-refractivity contribution in [3.05, 3.63) is 42.0 Å². The number of thiophene rings is 1. The van der Waals surface area contributed by atoms with Crippen LogP contribution in [0.15, 0.2) is 46.9 Å². The fraction of sp³-hybridized carbons (Fsp3) is 0.350. The molecule has 1 fully saturated rings. The van der Waals surface area contributed by atoms with Crippen LogP contribution in [-0.2, 0) is 4.79 Å². The van der Waals surface area contributed by atoms with Gasteiger partial charge in [0.05, 0.1) is 11.4 Å². The van der Waals surface area contributed by atoms with Crippen LogP contribution in [-0.4, -0.2) is 59.3 Å². The Morgan fingerprint density at radius 3 is 2.61 bits per heavy atom. The largest absolute Gasteiger partial charge is 0.353 e. The van der Waals surface area contributed by atoms with Crippen molar-refractivity contribution in [2.75, 3.05) is 42.7 Å². The molecular formula is C20H23N5OS2. The van der Waals surface area contributed by atoms with Crippen LogP contribution in [0.5, 0.6) is 0 Å². The monoisotopic (exact) mass is 413 g/mol. The Hall–Kier alpha value is -2.16. The standard InChI is InChI=1S/C20H23N5OS2/c1-14(19(26)23-15-3-5-16(27-2)6-4-15)24-8-10-25(11-9-24)18-17-7-12-28-20(17)22-13-21-18/h3-7,12-14H,8-11H2,1-2H3,(H,23,26). The van der Waals surface area contributed by atoms with E-state index >= 15 is 0 Å². The molecule has 1 atom stereocenters. The maximum Gasteiger partial charge on any atom is 0.241 e. The number of amides is 1. The Morgan fingerprint density at radius 2 is 1.89 bits per heavy atom. The number of rotatable bonds is 5. The molecule has 0 saturated carbocycles. The lowest BCUT2D eigenvalue weighted by Gasteiger charge is -2.38. The van der Waals surface area contributed by atoms with Gasteiger partial charge in [0.15, 0.2) is 0 Å². The maximum absolute atomic E-state index is 12.7. The van der Waals surface area contributed by atoms with Gasteiger partial charge in [-0.05, 0) is 48.9 Å². The molecule has 1 aliphatic heterocycles. The number of benzene rings is 1. The normalized spacial score (nSPS) is 16.3. The van der Waals surface area contributed by atoms with Gasteiger partial charge in [-0.3, -0.25) is 9.69 Å². The van der Waals surface area contributed by atoms with Gasteiger partial charge in [0.1, 0.15) is 17.0 Å². The van der Waals surface area contributed by atoms with E-state index in [1.807, 2.05) is 37.4 Å². The number of piperazine rings is 1. The minimum absolute atomic E-state index is 0.0348. The summed E-state index contributed by atoms with van der Waals surface area (Å²) in [6.07, 6.45) is 3.68. The summed E-state index contributed by atoms with van der Waals surface area (Å²) >= 11 is 3.33. The predicted octanol–water partition coefficient (Wildman–Crippen LogP) is 3.56. The van der Waals surface area contributed by atoms with E-state index in [-0.39, 0.29) is 11.9 Å². The van der Waals surface area contributed by atoms with E-state index in [1.165, 1.54) is 4.90 Å². The highest BCUT2D eigenvalue weighted by Gasteiger charge is 2.27. The van der Waals surface area contributed by atoms with Crippen molar-refractivity contribution in [3.8, 4) is 0 Å². The molecule has 1 amide bonds. The second-order valence-electron chi connectivity index (χ2n) is 6.75. The molecule has 1 saturated heterocycles. The summed E-state index contributed by atoms with van der Waals surface area (Å²) in [4.78, 5) is 28.2. The summed E-state index contributed by atoms with van der Waals surface area (Å²) in [5, 5.41) is 6.20. The highest BCUT2D eigenvalue weighted by molar-refractivity contribution is 7.98. The number of anilines is 2. The van der Waals surface area contributed by atoms with Gasteiger partial charge in [-0.15, -0.1) is 23.1 Å². The first kappa shape index (κ1) is 19.2. The zero-order valence-electron chi connectivity index (χ0n) is 16.0. The maximum atomic E-state index is 12.7. The quantitative estimate of drug-likeness (QED) is 0.646. The van der Waals surface area contributed by atoms with Crippen molar-refractivity contribution in [2.45, 2.75) is 17.9 Å². The number of hydrogen-bond donors (Lipinski definition) is 1. The number of carbonyl (C=O) groups excluding carboxylic acids is 1. The number of aromatic nitrogens is 2. The Morgan fingerprint density at radius 1 is 1.14 bits per heavy atom. The molecule has 6 nitrogen and oxygen atoms in total. The van der Waals surface area contributed by atoms with Gasteiger partial charge in [-0.2, -0.15) is 0 Å². The van der Waals surface area contributed by atoms with Crippen LogP contribution < -0.4 is 10.2 Å². The third kappa shape index (κ3) is 3.99. The molecule has 0 bridgehead atoms. The van der Waals surface area contributed by atoms with E-state index in [0.717, 1.165) is 47.9 Å². The smallest absolute Gasteiger partial charge is 0.241 e. The lowest BCUT2D eigenvalue weighted by atomic mass is 10.2. The molecule has 146 valence electrons. The van der Waals surface area contributed by atoms with Crippen molar-refractivity contribution in [1.29, 1.82) is 0 Å². The van der Waals surface area contributed by atoms with E-state index in [9.17, 15) is 4.79 Å². The van der Waals surface area contributed by atoms with E-state index in [2.05, 4.69) is 36.5 Å². The first-order chi connectivity index (χ1) is 13.7. The molecule has 1 aromatic carbocycles. The summed E-state index contributed by atoms with van der Waals surface area (Å²) in [5.74, 6) is 1.03. The second-order valence-corrected chi connectivity index (χ2v) is 8.53. The topological polar surface area (TPSA) is 61.4 Å². The van der Waals surface area contributed by atoms with Crippen LogP contribution in [0, 0.1) is 0 Å². The third-order valence-electron chi connectivity index (χ3n) is 5.14. The number of carbonyl (C=O) groups is 1. The van der Waals surface area contributed by atoms with Crippen molar-refractivity contribution < 1.29 is 4.79 Å². The van der Waals surface area contributed by atoms with Crippen molar-refractivity contribution in [3.63, 3.8) is 0 Å². The van der Waals surface area contributed by atoms with Crippen LogP contribution in [0.25, 0.3) is 10.2 Å². The van der Waals surface area contributed by atoms with E-state index in [0.29, 0.717) is 0 Å². The van der Waals surface area contributed by atoms with Gasteiger partial charge in [-0.25, -0.2) is 9.97 Å². The third-order valence-corrected chi connectivity index (χ3v) is 6.70. The molecule has 1 unspecified atom stereocenters. The van der Waals surface area contributed by atoms with Gasteiger partial charge in [0.25, 0.3) is 0 Å². The number of nitrogens with zero attached hydrogens (tertiary/aromatic N) is 4. The van der Waals surface area contributed by atoms with Gasteiger partial charge in [0, 0.05) is 36.8 Å². The average Bonchev–Trinajstić information content (AvgIpc) is 3.23. The van der Waals surface area contributed by atoms with Crippen molar-refractivity contribution in [1.82, 2.24) is 14.9 Å². The molecule has 0 spiro atoms. The first-order valence-corrected chi connectivity index (χ1v) is 11.4. The summed E-state index contributed by atoms with van der Waals surface area (Å²) in [5.41, 5.74) is 0.842. The Balaban J connectivity index is 1.36. The Labute approximate surface area is 173 Å². The number of hydrogen-bond acceptors (Lipinski definition) is 7. The van der Waals surface area contributed by atoms with E-state index < -0.39 is 0 Å². The minimum atomic E-state index is -0.172. The molecule has 3 aromatic rings. The summed E-state index contributed by atoms with van der Waals surface area (Å²) in [7, 11) is 0. The molecule has 1 N–H and O–H groups in total. The molecule has 0 aliphatic carbocycles. The fourth-order valence-corrected chi connectivity index (χ4v) is 4.57. The molecule has 28 heavy (non-hydrogen) atoms. The highest BCUT2D eigenvalue weighted by Crippen LogP contribution is 2.27. The van der Waals surface area contributed by atoms with Gasteiger partial charge in [0.2, 0.25) is 5.91 Å². The molecule has 4 rings (SSSR count). The number of thioether (sulfide) groups is 1. The Kier molecular flexibility index (Phi) is 5.79. The van der Waals surface area contributed by atoms with Crippen LogP contribution in [0.2, 0.25) is 0 Å². The predicted molar refractivity (Wildman–Crippen MR) is 118 cm³/mol. The first-order valence-electron chi connectivity index (χ1n) is 9.28. The Bertz CT molecular complexity index is 951. The minimum Gasteiger partial charge on any atom is -0.353 e. The molecular weight excluding hydrogens is 390 g/mol. The van der Waals surface area contributed by atoms with Crippen LogP contribution in [0.3, 0.4) is 0 Å². The van der Waals surface area contributed by atoms with Gasteiger partial charge < -0.3 is 10.2 Å². The zero-order chi connectivity index (χ0) is 19.5. The molecule has 1 aliphatic rings. The second kappa shape index (κ2) is 8.46. The van der Waals surface area contributed by atoms with E-state index in [4.69, 9.17) is 0 Å². The summed E-state index contributed by atoms with van der Waals surface area (Å²) < 4.78 is 0. The van der Waals surface area contributed by atoms with Gasteiger partial charge >= 0.3 is 0 Å². The fourth-order valence-electron chi connectivity index (χ4n) is 3.44. The zero-order valence-corrected chi connectivity index (χ0v) is 17.6. The SMILES string of the molecule is CSc1ccc(NC(=O)C(C)N2CCN(c3ncnc4sccc34)CC2)cc1. The number of nitrogens with one attached hydrogen (secondary N) is 1. The van der Waals surface area contributed by atoms with Crippen LogP contribution in [0.1, 0.15) is 6.92 Å². The molecule has 2 aromatic heterocycles. The lowest BCUT2D eigenvalue weighted by molar-refractivity contribution is -0.120. The van der Waals surface area contributed by atoms with Crippen LogP contribution in [0.4, 0.5) is 11.5 Å². The summed E-state index contributed by atoms with van der Waals surface area (Å²) in [6.45, 7) is 5.33. The van der Waals surface area contributed by atoms with E-state index in [1.54, 1.807) is 29.4 Å².